The van der Waals surface area contributed by atoms with Gasteiger partial charge in [0.15, 0.2) is 0 Å². The fourth-order valence-electron chi connectivity index (χ4n) is 3.60. The summed E-state index contributed by atoms with van der Waals surface area (Å²) in [5.41, 5.74) is 1.35. The van der Waals surface area contributed by atoms with Crippen LogP contribution in [0.5, 0.6) is 11.5 Å². The number of rotatable bonds is 12. The molecule has 0 spiro atoms. The number of halogens is 1. The molecule has 0 aliphatic rings. The first kappa shape index (κ1) is 27.4. The summed E-state index contributed by atoms with van der Waals surface area (Å²) >= 11 is 5.95. The Bertz CT molecular complexity index is 1260. The number of benzene rings is 3. The van der Waals surface area contributed by atoms with Crippen molar-refractivity contribution in [1.82, 2.24) is 5.32 Å². The third-order valence-electron chi connectivity index (χ3n) is 5.35. The molecule has 0 heterocycles. The van der Waals surface area contributed by atoms with Crippen molar-refractivity contribution >= 4 is 33.2 Å². The van der Waals surface area contributed by atoms with E-state index in [0.29, 0.717) is 23.3 Å². The molecule has 0 unspecified atom stereocenters. The fraction of sp³-hybridized carbons (Fsp3) is 0.296. The van der Waals surface area contributed by atoms with Crippen LogP contribution in [0.25, 0.3) is 0 Å². The van der Waals surface area contributed by atoms with Crippen LogP contribution in [-0.4, -0.2) is 40.6 Å². The predicted molar refractivity (Wildman–Crippen MR) is 143 cm³/mol. The number of nitrogens with zero attached hydrogens (tertiary/aromatic N) is 1. The van der Waals surface area contributed by atoms with Gasteiger partial charge in [0, 0.05) is 5.02 Å². The summed E-state index contributed by atoms with van der Waals surface area (Å²) in [6, 6.07) is 20.3. The number of ether oxygens (including phenoxy) is 2. The summed E-state index contributed by atoms with van der Waals surface area (Å²) < 4.78 is 39.7. The van der Waals surface area contributed by atoms with Crippen molar-refractivity contribution in [3.63, 3.8) is 0 Å². The zero-order chi connectivity index (χ0) is 26.1. The summed E-state index contributed by atoms with van der Waals surface area (Å²) in [6.45, 7) is 6.34. The van der Waals surface area contributed by atoms with E-state index in [9.17, 15) is 13.2 Å². The van der Waals surface area contributed by atoms with Crippen molar-refractivity contribution in [3.8, 4) is 11.5 Å². The highest BCUT2D eigenvalue weighted by Gasteiger charge is 2.29. The van der Waals surface area contributed by atoms with Crippen LogP contribution in [0.15, 0.2) is 77.7 Å². The lowest BCUT2D eigenvalue weighted by Crippen LogP contribution is -2.42. The highest BCUT2D eigenvalue weighted by atomic mass is 35.5. The molecule has 9 heteroatoms. The third-order valence-corrected chi connectivity index (χ3v) is 7.37. The Morgan fingerprint density at radius 3 is 2.25 bits per heavy atom. The number of sulfonamides is 1. The molecule has 3 aromatic rings. The summed E-state index contributed by atoms with van der Waals surface area (Å²) in [5.74, 6) is 0.950. The first-order valence-corrected chi connectivity index (χ1v) is 13.5. The molecule has 0 aromatic heterocycles. The minimum Gasteiger partial charge on any atom is -0.492 e. The number of carbonyl (C=O) groups is 1. The van der Waals surface area contributed by atoms with Crippen LogP contribution in [0.3, 0.4) is 0 Å². The summed E-state index contributed by atoms with van der Waals surface area (Å²) in [5, 5.41) is 3.16. The number of carbonyl (C=O) groups excluding carboxylic acids is 1. The molecule has 0 aliphatic heterocycles. The maximum absolute atomic E-state index is 13.6. The maximum Gasteiger partial charge on any atom is 0.264 e. The Balaban J connectivity index is 1.76. The molecule has 0 bridgehead atoms. The van der Waals surface area contributed by atoms with Gasteiger partial charge in [-0.3, -0.25) is 9.10 Å². The molecular weight excluding hydrogens is 500 g/mol. The van der Waals surface area contributed by atoms with E-state index in [1.165, 1.54) is 24.3 Å². The van der Waals surface area contributed by atoms with Gasteiger partial charge in [-0.25, -0.2) is 8.42 Å². The number of nitrogens with one attached hydrogen (secondary N) is 1. The lowest BCUT2D eigenvalue weighted by Gasteiger charge is -2.26. The number of para-hydroxylation sites is 3. The van der Waals surface area contributed by atoms with Crippen molar-refractivity contribution in [1.29, 1.82) is 0 Å². The van der Waals surface area contributed by atoms with E-state index in [1.807, 2.05) is 24.3 Å². The molecule has 3 rings (SSSR count). The summed E-state index contributed by atoms with van der Waals surface area (Å²) in [6.07, 6.45) is 0. The average Bonchev–Trinajstić information content (AvgIpc) is 2.86. The van der Waals surface area contributed by atoms with E-state index in [1.54, 1.807) is 31.2 Å². The molecule has 0 fully saturated rings. The Labute approximate surface area is 218 Å². The largest absolute Gasteiger partial charge is 0.492 e. The van der Waals surface area contributed by atoms with Gasteiger partial charge in [0.05, 0.1) is 23.7 Å². The zero-order valence-corrected chi connectivity index (χ0v) is 22.2. The van der Waals surface area contributed by atoms with E-state index in [-0.39, 0.29) is 23.7 Å². The smallest absolute Gasteiger partial charge is 0.264 e. The van der Waals surface area contributed by atoms with Crippen LogP contribution in [0.1, 0.15) is 32.3 Å². The molecule has 0 radical (unpaired) electrons. The topological polar surface area (TPSA) is 84.9 Å². The van der Waals surface area contributed by atoms with E-state index < -0.39 is 22.5 Å². The van der Waals surface area contributed by atoms with Gasteiger partial charge in [-0.2, -0.15) is 0 Å². The first-order chi connectivity index (χ1) is 17.2. The minimum atomic E-state index is -4.09. The molecule has 0 saturated heterocycles. The molecular formula is C27H31ClN2O5S. The lowest BCUT2D eigenvalue weighted by atomic mass is 10.0. The predicted octanol–water partition coefficient (Wildman–Crippen LogP) is 5.25. The highest BCUT2D eigenvalue weighted by molar-refractivity contribution is 7.92. The zero-order valence-electron chi connectivity index (χ0n) is 20.6. The molecule has 1 N–H and O–H groups in total. The molecule has 7 nitrogen and oxygen atoms in total. The van der Waals surface area contributed by atoms with E-state index >= 15 is 0 Å². The van der Waals surface area contributed by atoms with Gasteiger partial charge < -0.3 is 14.8 Å². The van der Waals surface area contributed by atoms with Crippen molar-refractivity contribution < 1.29 is 22.7 Å². The van der Waals surface area contributed by atoms with E-state index in [4.69, 9.17) is 21.1 Å². The van der Waals surface area contributed by atoms with Gasteiger partial charge in [0.2, 0.25) is 5.91 Å². The fourth-order valence-corrected chi connectivity index (χ4v) is 5.16. The van der Waals surface area contributed by atoms with Crippen LogP contribution in [0.4, 0.5) is 5.69 Å². The quantitative estimate of drug-likeness (QED) is 0.323. The van der Waals surface area contributed by atoms with Crippen LogP contribution in [-0.2, 0) is 14.8 Å². The lowest BCUT2D eigenvalue weighted by molar-refractivity contribution is -0.119. The number of hydrogen-bond acceptors (Lipinski definition) is 5. The number of anilines is 1. The van der Waals surface area contributed by atoms with Crippen molar-refractivity contribution in [3.05, 3.63) is 83.4 Å². The van der Waals surface area contributed by atoms with Crippen LogP contribution < -0.4 is 19.1 Å². The van der Waals surface area contributed by atoms with Gasteiger partial charge in [-0.15, -0.1) is 0 Å². The van der Waals surface area contributed by atoms with Gasteiger partial charge in [-0.1, -0.05) is 55.8 Å². The second kappa shape index (κ2) is 12.6. The summed E-state index contributed by atoms with van der Waals surface area (Å²) in [4.78, 5) is 12.9. The number of hydrogen-bond donors (Lipinski definition) is 1. The third kappa shape index (κ3) is 6.92. The van der Waals surface area contributed by atoms with E-state index in [2.05, 4.69) is 19.2 Å². The molecule has 0 saturated carbocycles. The Kier molecular flexibility index (Phi) is 9.61. The minimum absolute atomic E-state index is 0.0135. The molecule has 36 heavy (non-hydrogen) atoms. The van der Waals surface area contributed by atoms with Crippen LogP contribution in [0.2, 0.25) is 5.02 Å². The van der Waals surface area contributed by atoms with E-state index in [0.717, 1.165) is 15.6 Å². The average molecular weight is 531 g/mol. The number of amides is 1. The Morgan fingerprint density at radius 2 is 1.58 bits per heavy atom. The van der Waals surface area contributed by atoms with Crippen molar-refractivity contribution in [2.75, 3.05) is 30.6 Å². The second-order valence-electron chi connectivity index (χ2n) is 8.26. The van der Waals surface area contributed by atoms with Crippen LogP contribution >= 0.6 is 11.6 Å². The van der Waals surface area contributed by atoms with Gasteiger partial charge in [0.1, 0.15) is 24.7 Å². The standard InChI is InChI=1S/C27H31ClN2O5S/c1-4-34-26-12-8-6-10-24(26)30(36(32,33)22-15-13-21(28)14-16-22)19-27(31)29-17-18-35-25-11-7-5-9-23(25)20(2)3/h5-16,20H,4,17-19H2,1-3H3,(H,29,31). The monoisotopic (exact) mass is 530 g/mol. The highest BCUT2D eigenvalue weighted by Crippen LogP contribution is 2.32. The van der Waals surface area contributed by atoms with Crippen molar-refractivity contribution in [2.24, 2.45) is 0 Å². The van der Waals surface area contributed by atoms with Crippen molar-refractivity contribution in [2.45, 2.75) is 31.6 Å². The molecule has 0 atom stereocenters. The van der Waals surface area contributed by atoms with Gasteiger partial charge in [0.25, 0.3) is 10.0 Å². The maximum atomic E-state index is 13.6. The summed E-state index contributed by atoms with van der Waals surface area (Å²) in [7, 11) is -4.09. The SMILES string of the molecule is CCOc1ccccc1N(CC(=O)NCCOc1ccccc1C(C)C)S(=O)(=O)c1ccc(Cl)cc1. The van der Waals surface area contributed by atoms with Gasteiger partial charge in [-0.05, 0) is 60.9 Å². The molecule has 1 amide bonds. The molecule has 0 aliphatic carbocycles. The molecule has 3 aromatic carbocycles. The second-order valence-corrected chi connectivity index (χ2v) is 10.6. The first-order valence-electron chi connectivity index (χ1n) is 11.7. The van der Waals surface area contributed by atoms with Gasteiger partial charge >= 0.3 is 0 Å². The molecule has 192 valence electrons. The Morgan fingerprint density at radius 1 is 0.944 bits per heavy atom. The normalized spacial score (nSPS) is 11.2. The Hall–Kier alpha value is -3.23. The van der Waals surface area contributed by atoms with Crippen LogP contribution in [0, 0.1) is 0 Å².